The summed E-state index contributed by atoms with van der Waals surface area (Å²) in [5, 5.41) is 0. The van der Waals surface area contributed by atoms with E-state index in [1.54, 1.807) is 0 Å². The first-order chi connectivity index (χ1) is 12.3. The molecule has 0 spiro atoms. The first kappa shape index (κ1) is 23.0. The summed E-state index contributed by atoms with van der Waals surface area (Å²) in [6.45, 7) is 23.7. The van der Waals surface area contributed by atoms with Gasteiger partial charge in [0, 0.05) is 0 Å². The average Bonchev–Trinajstić information content (AvgIpc) is 3.04. The fraction of sp³-hybridized carbons (Fsp3) is 0.500. The Labute approximate surface area is 181 Å². The molecule has 0 fully saturated rings. The molecule has 3 heteroatoms. The Kier molecular flexibility index (Phi) is 7.37. The van der Waals surface area contributed by atoms with Crippen LogP contribution in [0.2, 0.25) is 57.6 Å². The molecule has 0 aromatic carbocycles. The molecule has 2 aliphatic rings. The van der Waals surface area contributed by atoms with Gasteiger partial charge in [0.05, 0.1) is 0 Å². The summed E-state index contributed by atoms with van der Waals surface area (Å²) >= 11 is -0.838. The van der Waals surface area contributed by atoms with Crippen molar-refractivity contribution in [1.29, 1.82) is 0 Å². The van der Waals surface area contributed by atoms with Crippen molar-refractivity contribution < 1.29 is 23.2 Å². The summed E-state index contributed by atoms with van der Waals surface area (Å²) in [5.74, 6) is 0. The molecule has 0 nitrogen and oxygen atoms in total. The van der Waals surface area contributed by atoms with Gasteiger partial charge < -0.3 is 0 Å². The first-order valence-corrected chi connectivity index (χ1v) is 20.1. The van der Waals surface area contributed by atoms with Crippen molar-refractivity contribution in [2.45, 2.75) is 70.5 Å². The molecule has 0 amide bonds. The number of hydrogen-bond acceptors (Lipinski definition) is 0. The van der Waals surface area contributed by atoms with Gasteiger partial charge in [-0.25, -0.2) is 0 Å². The second kappa shape index (κ2) is 8.64. The van der Waals surface area contributed by atoms with E-state index in [4.69, 9.17) is 0 Å². The topological polar surface area (TPSA) is 0 Å². The molecule has 0 atom stereocenters. The summed E-state index contributed by atoms with van der Waals surface area (Å²) in [6, 6.07) is 2.49. The molecule has 146 valence electrons. The van der Waals surface area contributed by atoms with Crippen LogP contribution in [0.3, 0.4) is 0 Å². The number of hydrogen-bond donors (Lipinski definition) is 0. The van der Waals surface area contributed by atoms with E-state index in [0.717, 1.165) is 12.8 Å². The zero-order valence-corrected chi connectivity index (χ0v) is 22.8. The standard InChI is InChI=1S/2C12H19Si.Zr/c2*1-11(10-13(2,3)4)9-12-7-5-6-8-12;/h2*5-8H,1,9-10H2,2-4H3;. The molecule has 0 aromatic heterocycles. The Hall–Kier alpha value is -0.243. The van der Waals surface area contributed by atoms with Crippen molar-refractivity contribution in [3.8, 4) is 0 Å². The van der Waals surface area contributed by atoms with Crippen LogP contribution in [0.5, 0.6) is 0 Å². The SMILES string of the molecule is C=C(C[C]1([Zr][C]2(CC(=C)C[Si](C)(C)C)C=CC=C2)C=CC=C1)C[Si](C)(C)C. The van der Waals surface area contributed by atoms with E-state index in [1.807, 2.05) is 0 Å². The quantitative estimate of drug-likeness (QED) is 0.221. The van der Waals surface area contributed by atoms with Gasteiger partial charge in [0.25, 0.3) is 0 Å². The number of rotatable bonds is 10. The van der Waals surface area contributed by atoms with Gasteiger partial charge in [0.15, 0.2) is 0 Å². The summed E-state index contributed by atoms with van der Waals surface area (Å²) in [4.78, 5) is 0. The van der Waals surface area contributed by atoms with Crippen LogP contribution in [0, 0.1) is 0 Å². The van der Waals surface area contributed by atoms with E-state index in [9.17, 15) is 0 Å². The van der Waals surface area contributed by atoms with Crippen molar-refractivity contribution in [2.24, 2.45) is 0 Å². The van der Waals surface area contributed by atoms with Crippen molar-refractivity contribution in [2.75, 3.05) is 0 Å². The molecule has 0 radical (unpaired) electrons. The van der Waals surface area contributed by atoms with Gasteiger partial charge in [-0.15, -0.1) is 0 Å². The molecule has 0 saturated carbocycles. The Morgan fingerprint density at radius 3 is 1.22 bits per heavy atom. The van der Waals surface area contributed by atoms with Crippen molar-refractivity contribution in [3.05, 3.63) is 72.9 Å². The van der Waals surface area contributed by atoms with Gasteiger partial charge in [-0.1, -0.05) is 0 Å². The Bertz CT molecular complexity index is 609. The van der Waals surface area contributed by atoms with Gasteiger partial charge >= 0.3 is 183 Å². The van der Waals surface area contributed by atoms with Crippen LogP contribution >= 0.6 is 0 Å². The molecule has 0 aliphatic heterocycles. The molecule has 0 unspecified atom stereocenters. The molecular weight excluding hydrogens is 436 g/mol. The molecular formula is C24H38Si2Zr. The van der Waals surface area contributed by atoms with Crippen LogP contribution in [-0.4, -0.2) is 16.1 Å². The molecule has 0 heterocycles. The van der Waals surface area contributed by atoms with Crippen LogP contribution in [0.15, 0.2) is 72.9 Å². The van der Waals surface area contributed by atoms with Gasteiger partial charge in [-0.3, -0.25) is 0 Å². The molecule has 0 N–H and O–H groups in total. The molecule has 0 bridgehead atoms. The number of allylic oxidation sites excluding steroid dienone is 10. The zero-order valence-electron chi connectivity index (χ0n) is 18.4. The average molecular weight is 474 g/mol. The van der Waals surface area contributed by atoms with Crippen molar-refractivity contribution in [1.82, 2.24) is 0 Å². The van der Waals surface area contributed by atoms with Gasteiger partial charge in [-0.05, 0) is 0 Å². The summed E-state index contributed by atoms with van der Waals surface area (Å²) < 4.78 is 0.553. The van der Waals surface area contributed by atoms with Crippen LogP contribution in [0.4, 0.5) is 0 Å². The molecule has 27 heavy (non-hydrogen) atoms. The van der Waals surface area contributed by atoms with E-state index in [0.29, 0.717) is 0 Å². The van der Waals surface area contributed by atoms with Crippen LogP contribution < -0.4 is 0 Å². The Balaban J connectivity index is 2.17. The fourth-order valence-electron chi connectivity index (χ4n) is 4.40. The van der Waals surface area contributed by atoms with Gasteiger partial charge in [-0.2, -0.15) is 0 Å². The summed E-state index contributed by atoms with van der Waals surface area (Å²) in [6.07, 6.45) is 21.4. The predicted molar refractivity (Wildman–Crippen MR) is 126 cm³/mol. The fourth-order valence-corrected chi connectivity index (χ4v) is 13.2. The van der Waals surface area contributed by atoms with E-state index >= 15 is 0 Å². The summed E-state index contributed by atoms with van der Waals surface area (Å²) in [7, 11) is -2.21. The molecule has 2 aliphatic carbocycles. The third-order valence-corrected chi connectivity index (χ3v) is 12.8. The van der Waals surface area contributed by atoms with Crippen molar-refractivity contribution >= 4 is 16.1 Å². The second-order valence-electron chi connectivity index (χ2n) is 11.0. The first-order valence-electron chi connectivity index (χ1n) is 10.2. The van der Waals surface area contributed by atoms with E-state index in [1.165, 1.54) is 23.2 Å². The predicted octanol–water partition coefficient (Wildman–Crippen LogP) is 8.21. The molecule has 2 rings (SSSR count). The minimum absolute atomic E-state index is 0.276. The Morgan fingerprint density at radius 1 is 0.667 bits per heavy atom. The van der Waals surface area contributed by atoms with Crippen LogP contribution in [0.1, 0.15) is 12.8 Å². The van der Waals surface area contributed by atoms with E-state index in [2.05, 4.69) is 101 Å². The van der Waals surface area contributed by atoms with Gasteiger partial charge in [0.2, 0.25) is 0 Å². The third kappa shape index (κ3) is 7.59. The minimum atomic E-state index is -1.11. The van der Waals surface area contributed by atoms with Gasteiger partial charge in [0.1, 0.15) is 0 Å². The Morgan fingerprint density at radius 2 is 0.963 bits per heavy atom. The normalized spacial score (nSPS) is 19.6. The van der Waals surface area contributed by atoms with Crippen LogP contribution in [0.25, 0.3) is 0 Å². The second-order valence-corrected chi connectivity index (χ2v) is 27.1. The maximum absolute atomic E-state index is 4.50. The molecule has 0 aromatic rings. The third-order valence-electron chi connectivity index (χ3n) is 4.91. The maximum atomic E-state index is 4.50. The monoisotopic (exact) mass is 472 g/mol. The zero-order chi connectivity index (χ0) is 20.3. The van der Waals surface area contributed by atoms with E-state index in [-0.39, 0.29) is 6.25 Å². The van der Waals surface area contributed by atoms with Crippen LogP contribution in [-0.2, 0) is 23.2 Å². The van der Waals surface area contributed by atoms with E-state index < -0.39 is 39.4 Å². The summed E-state index contributed by atoms with van der Waals surface area (Å²) in [5.41, 5.74) is 2.93. The van der Waals surface area contributed by atoms with Crippen molar-refractivity contribution in [3.63, 3.8) is 0 Å². The molecule has 0 saturated heterocycles.